The van der Waals surface area contributed by atoms with Gasteiger partial charge in [-0.05, 0) is 106 Å². The first-order valence-electron chi connectivity index (χ1n) is 17.5. The Balaban J connectivity index is 1.17. The second-order valence-corrected chi connectivity index (χ2v) is 13.0. The molecule has 1 aliphatic carbocycles. The molecule has 7 aromatic rings. The minimum atomic E-state index is -0.303. The van der Waals surface area contributed by atoms with Crippen molar-refractivity contribution in [3.05, 3.63) is 192 Å². The summed E-state index contributed by atoms with van der Waals surface area (Å²) in [5, 5.41) is 0. The molecule has 1 aromatic heterocycles. The highest BCUT2D eigenvalue weighted by atomic mass is 19.1. The van der Waals surface area contributed by atoms with Gasteiger partial charge in [0.1, 0.15) is 5.82 Å². The van der Waals surface area contributed by atoms with Crippen LogP contribution in [0, 0.1) is 12.7 Å². The van der Waals surface area contributed by atoms with Gasteiger partial charge in [-0.25, -0.2) is 19.3 Å². The van der Waals surface area contributed by atoms with Crippen LogP contribution in [-0.4, -0.2) is 15.0 Å². The van der Waals surface area contributed by atoms with E-state index >= 15 is 0 Å². The number of hydrogen-bond acceptors (Lipinski definition) is 3. The van der Waals surface area contributed by atoms with E-state index in [1.165, 1.54) is 51.1 Å². The van der Waals surface area contributed by atoms with Crippen molar-refractivity contribution >= 4 is 5.57 Å². The summed E-state index contributed by atoms with van der Waals surface area (Å²) in [6.45, 7) is 7.97. The molecule has 0 atom stereocenters. The fourth-order valence-electron chi connectivity index (χ4n) is 7.06. The van der Waals surface area contributed by atoms with Crippen molar-refractivity contribution in [1.29, 1.82) is 0 Å². The first-order chi connectivity index (χ1) is 25.5. The third-order valence-corrected chi connectivity index (χ3v) is 9.65. The van der Waals surface area contributed by atoms with Gasteiger partial charge in [0.2, 0.25) is 0 Å². The molecule has 0 saturated heterocycles. The highest BCUT2D eigenvalue weighted by molar-refractivity contribution is 5.90. The average molecular weight is 674 g/mol. The van der Waals surface area contributed by atoms with Crippen LogP contribution in [0.1, 0.15) is 29.2 Å². The van der Waals surface area contributed by atoms with Gasteiger partial charge in [-0.15, -0.1) is 0 Å². The van der Waals surface area contributed by atoms with Crippen LogP contribution in [0.5, 0.6) is 0 Å². The van der Waals surface area contributed by atoms with E-state index in [9.17, 15) is 4.39 Å². The minimum Gasteiger partial charge on any atom is -0.208 e. The summed E-state index contributed by atoms with van der Waals surface area (Å²) in [6, 6.07) is 44.9. The fraction of sp³-hybridized carbons (Fsp3) is 0.0625. The Labute approximate surface area is 304 Å². The topological polar surface area (TPSA) is 38.7 Å². The van der Waals surface area contributed by atoms with Crippen LogP contribution < -0.4 is 0 Å². The Morgan fingerprint density at radius 3 is 1.67 bits per heavy atom. The van der Waals surface area contributed by atoms with Crippen LogP contribution in [0.3, 0.4) is 0 Å². The highest BCUT2D eigenvalue weighted by Crippen LogP contribution is 2.45. The van der Waals surface area contributed by atoms with Crippen LogP contribution in [0.2, 0.25) is 0 Å². The molecule has 0 amide bonds. The molecular weight excluding hydrogens is 638 g/mol. The van der Waals surface area contributed by atoms with Gasteiger partial charge < -0.3 is 0 Å². The fourth-order valence-corrected chi connectivity index (χ4v) is 7.06. The molecule has 1 aliphatic rings. The van der Waals surface area contributed by atoms with Crippen molar-refractivity contribution < 1.29 is 4.39 Å². The zero-order valence-corrected chi connectivity index (χ0v) is 29.1. The lowest BCUT2D eigenvalue weighted by Crippen LogP contribution is -2.00. The number of aromatic nitrogens is 3. The summed E-state index contributed by atoms with van der Waals surface area (Å²) >= 11 is 0. The molecule has 0 aliphatic heterocycles. The van der Waals surface area contributed by atoms with Gasteiger partial charge in [0.25, 0.3) is 0 Å². The van der Waals surface area contributed by atoms with E-state index < -0.39 is 0 Å². The normalized spacial score (nSPS) is 12.2. The number of hydrogen-bond donors (Lipinski definition) is 0. The number of nitrogens with zero attached hydrogens (tertiary/aromatic N) is 3. The van der Waals surface area contributed by atoms with Gasteiger partial charge in [-0.3, -0.25) is 0 Å². The Morgan fingerprint density at radius 1 is 0.577 bits per heavy atom. The summed E-state index contributed by atoms with van der Waals surface area (Å²) in [5.41, 5.74) is 15.9. The van der Waals surface area contributed by atoms with Crippen molar-refractivity contribution in [2.75, 3.05) is 0 Å². The molecule has 250 valence electrons. The van der Waals surface area contributed by atoms with E-state index in [1.807, 2.05) is 49.4 Å². The van der Waals surface area contributed by atoms with E-state index in [1.54, 1.807) is 12.1 Å². The van der Waals surface area contributed by atoms with Gasteiger partial charge in [0, 0.05) is 16.7 Å². The van der Waals surface area contributed by atoms with Crippen LogP contribution in [0.15, 0.2) is 164 Å². The van der Waals surface area contributed by atoms with E-state index in [-0.39, 0.29) is 5.82 Å². The Hall–Kier alpha value is -6.52. The molecule has 6 aromatic carbocycles. The van der Waals surface area contributed by atoms with E-state index in [2.05, 4.69) is 105 Å². The maximum atomic E-state index is 13.9. The summed E-state index contributed by atoms with van der Waals surface area (Å²) in [7, 11) is 0. The molecule has 0 bridgehead atoms. The third-order valence-electron chi connectivity index (χ3n) is 9.65. The number of fused-ring (bicyclic) bond motifs is 3. The van der Waals surface area contributed by atoms with Crippen LogP contribution >= 0.6 is 0 Å². The van der Waals surface area contributed by atoms with Crippen molar-refractivity contribution in [2.24, 2.45) is 0 Å². The smallest absolute Gasteiger partial charge is 0.164 e. The molecule has 3 nitrogen and oxygen atoms in total. The van der Waals surface area contributed by atoms with Crippen LogP contribution in [0.4, 0.5) is 4.39 Å². The molecule has 0 fully saturated rings. The quantitative estimate of drug-likeness (QED) is 0.151. The molecule has 0 saturated carbocycles. The molecular formula is C48H36FN3. The lowest BCUT2D eigenvalue weighted by atomic mass is 9.93. The summed E-state index contributed by atoms with van der Waals surface area (Å²) in [4.78, 5) is 14.7. The third kappa shape index (κ3) is 6.31. The molecule has 0 unspecified atom stereocenters. The summed E-state index contributed by atoms with van der Waals surface area (Å²) < 4.78 is 13.9. The van der Waals surface area contributed by atoms with Gasteiger partial charge in [-0.2, -0.15) is 0 Å². The number of aryl methyl sites for hydroxylation is 1. The van der Waals surface area contributed by atoms with Crippen molar-refractivity contribution in [1.82, 2.24) is 15.0 Å². The predicted molar refractivity (Wildman–Crippen MR) is 213 cm³/mol. The maximum Gasteiger partial charge on any atom is 0.164 e. The Morgan fingerprint density at radius 2 is 1.08 bits per heavy atom. The number of allylic oxidation sites excluding steroid dienone is 5. The zero-order chi connectivity index (χ0) is 35.6. The average Bonchev–Trinajstić information content (AvgIpc) is 3.58. The second kappa shape index (κ2) is 14.0. The Kier molecular flexibility index (Phi) is 8.80. The molecule has 52 heavy (non-hydrogen) atoms. The predicted octanol–water partition coefficient (Wildman–Crippen LogP) is 12.4. The van der Waals surface area contributed by atoms with Crippen molar-refractivity contribution in [2.45, 2.75) is 20.3 Å². The summed E-state index contributed by atoms with van der Waals surface area (Å²) in [5.74, 6) is 1.33. The van der Waals surface area contributed by atoms with Gasteiger partial charge in [0.05, 0.1) is 0 Å². The molecule has 1 heterocycles. The highest BCUT2D eigenvalue weighted by Gasteiger charge is 2.24. The number of halogens is 1. The van der Waals surface area contributed by atoms with E-state index in [0.717, 1.165) is 45.4 Å². The summed E-state index contributed by atoms with van der Waals surface area (Å²) in [6.07, 6.45) is 8.86. The molecule has 0 radical (unpaired) electrons. The van der Waals surface area contributed by atoms with Crippen molar-refractivity contribution in [3.8, 4) is 67.5 Å². The van der Waals surface area contributed by atoms with E-state index in [0.29, 0.717) is 17.5 Å². The first kappa shape index (κ1) is 32.7. The second-order valence-electron chi connectivity index (χ2n) is 13.0. The standard InChI is InChI=1S/C48H36FN3/c1-4-9-32(10-5-2)33-21-23-34(24-22-33)40-13-7-15-42-43-16-8-14-41(45(43)30-44(40)42)37-11-6-12-38(29-37)48-51-46(35-19-17-31(3)18-20-35)50-47(52-48)36-25-27-39(49)28-26-36/h4-29H,1,30H2,2-3H3/b10-5-,32-9+. The number of rotatable bonds is 8. The SMILES string of the molecule is C=C/C=C(\C=C/C)c1ccc(-c2cccc3c2Cc2c(-c4cccc(-c5nc(-c6ccc(C)cc6)nc(-c6ccc(F)cc6)n5)c4)cccc2-3)cc1. The lowest BCUT2D eigenvalue weighted by Gasteiger charge is -2.12. The van der Waals surface area contributed by atoms with Gasteiger partial charge >= 0.3 is 0 Å². The van der Waals surface area contributed by atoms with E-state index in [4.69, 9.17) is 15.0 Å². The molecule has 0 N–H and O–H groups in total. The van der Waals surface area contributed by atoms with Crippen LogP contribution in [0.25, 0.3) is 73.1 Å². The van der Waals surface area contributed by atoms with Crippen LogP contribution in [-0.2, 0) is 6.42 Å². The monoisotopic (exact) mass is 673 g/mol. The van der Waals surface area contributed by atoms with Crippen molar-refractivity contribution in [3.63, 3.8) is 0 Å². The molecule has 4 heteroatoms. The minimum absolute atomic E-state index is 0.303. The number of benzene rings is 6. The largest absolute Gasteiger partial charge is 0.208 e. The molecule has 0 spiro atoms. The first-order valence-corrected chi connectivity index (χ1v) is 17.5. The zero-order valence-electron chi connectivity index (χ0n) is 29.1. The van der Waals surface area contributed by atoms with Gasteiger partial charge in [-0.1, -0.05) is 140 Å². The maximum absolute atomic E-state index is 13.9. The van der Waals surface area contributed by atoms with Gasteiger partial charge in [0.15, 0.2) is 17.5 Å². The lowest BCUT2D eigenvalue weighted by molar-refractivity contribution is 0.628. The molecule has 8 rings (SSSR count). The Bertz CT molecular complexity index is 2440.